The Morgan fingerprint density at radius 2 is 1.71 bits per heavy atom. The SMILES string of the molecule is CN1CC2CN(c3ccc(-c4cc5ccccc5o4)nn3)CC2C1.O=C(O)C(F)(F)F. The van der Waals surface area contributed by atoms with E-state index in [1.54, 1.807) is 0 Å². The molecule has 2 saturated heterocycles. The number of fused-ring (bicyclic) bond motifs is 2. The molecule has 10 heteroatoms. The maximum atomic E-state index is 10.6. The third-order valence-electron chi connectivity index (χ3n) is 5.56. The first-order valence-corrected chi connectivity index (χ1v) is 9.77. The number of carbonyl (C=O) groups is 1. The number of halogens is 3. The highest BCUT2D eigenvalue weighted by atomic mass is 19.4. The first kappa shape index (κ1) is 21.1. The minimum Gasteiger partial charge on any atom is -0.475 e. The van der Waals surface area contributed by atoms with Crippen LogP contribution in [0.1, 0.15) is 0 Å². The molecule has 31 heavy (non-hydrogen) atoms. The lowest BCUT2D eigenvalue weighted by molar-refractivity contribution is -0.192. The fourth-order valence-corrected chi connectivity index (χ4v) is 4.15. The number of aliphatic carboxylic acids is 1. The van der Waals surface area contributed by atoms with Crippen LogP contribution in [-0.2, 0) is 4.79 Å². The van der Waals surface area contributed by atoms with E-state index in [9.17, 15) is 13.2 Å². The van der Waals surface area contributed by atoms with Crippen molar-refractivity contribution in [3.8, 4) is 11.5 Å². The molecular formula is C21H21F3N4O3. The normalized spacial score (nSPS) is 21.1. The molecule has 0 spiro atoms. The number of aromatic nitrogens is 2. The van der Waals surface area contributed by atoms with Gasteiger partial charge in [-0.3, -0.25) is 0 Å². The summed E-state index contributed by atoms with van der Waals surface area (Å²) in [5.74, 6) is 0.535. The van der Waals surface area contributed by atoms with E-state index in [2.05, 4.69) is 33.1 Å². The smallest absolute Gasteiger partial charge is 0.475 e. The van der Waals surface area contributed by atoms with Gasteiger partial charge in [0.1, 0.15) is 11.3 Å². The fraction of sp³-hybridized carbons (Fsp3) is 0.381. The van der Waals surface area contributed by atoms with E-state index in [0.717, 1.165) is 53.2 Å². The molecule has 1 aromatic carbocycles. The van der Waals surface area contributed by atoms with E-state index in [4.69, 9.17) is 14.3 Å². The number of hydrogen-bond donors (Lipinski definition) is 1. The quantitative estimate of drug-likeness (QED) is 0.661. The largest absolute Gasteiger partial charge is 0.490 e. The first-order chi connectivity index (χ1) is 14.7. The minimum atomic E-state index is -5.08. The highest BCUT2D eigenvalue weighted by molar-refractivity contribution is 5.82. The van der Waals surface area contributed by atoms with Gasteiger partial charge in [0, 0.05) is 31.6 Å². The average Bonchev–Trinajstić information content (AvgIpc) is 3.40. The maximum absolute atomic E-state index is 10.6. The average molecular weight is 434 g/mol. The molecule has 0 amide bonds. The van der Waals surface area contributed by atoms with Crippen LogP contribution >= 0.6 is 0 Å². The van der Waals surface area contributed by atoms with Gasteiger partial charge < -0.3 is 19.3 Å². The number of benzene rings is 1. The lowest BCUT2D eigenvalue weighted by Crippen LogP contribution is -2.27. The number of alkyl halides is 3. The second-order valence-electron chi connectivity index (χ2n) is 7.87. The van der Waals surface area contributed by atoms with Gasteiger partial charge in [-0.15, -0.1) is 10.2 Å². The number of rotatable bonds is 2. The van der Waals surface area contributed by atoms with Gasteiger partial charge in [0.2, 0.25) is 0 Å². The van der Waals surface area contributed by atoms with Crippen LogP contribution in [0.5, 0.6) is 0 Å². The van der Waals surface area contributed by atoms with Gasteiger partial charge >= 0.3 is 12.1 Å². The van der Waals surface area contributed by atoms with E-state index < -0.39 is 12.1 Å². The Bertz CT molecular complexity index is 1020. The molecule has 3 aromatic rings. The molecule has 2 atom stereocenters. The molecule has 5 rings (SSSR count). The topological polar surface area (TPSA) is 82.7 Å². The molecule has 7 nitrogen and oxygen atoms in total. The molecule has 2 unspecified atom stereocenters. The molecule has 0 saturated carbocycles. The molecule has 164 valence electrons. The second kappa shape index (κ2) is 8.18. The highest BCUT2D eigenvalue weighted by Gasteiger charge is 2.39. The van der Waals surface area contributed by atoms with Crippen LogP contribution in [-0.4, -0.2) is 65.6 Å². The van der Waals surface area contributed by atoms with Gasteiger partial charge in [-0.05, 0) is 43.1 Å². The van der Waals surface area contributed by atoms with Crippen molar-refractivity contribution in [1.82, 2.24) is 15.1 Å². The van der Waals surface area contributed by atoms with Crippen molar-refractivity contribution in [2.75, 3.05) is 38.1 Å². The summed E-state index contributed by atoms with van der Waals surface area (Å²) in [5, 5.41) is 17.1. The van der Waals surface area contributed by atoms with Crippen molar-refractivity contribution in [2.24, 2.45) is 11.8 Å². The van der Waals surface area contributed by atoms with Crippen LogP contribution in [0.25, 0.3) is 22.4 Å². The number of anilines is 1. The molecule has 2 aliphatic rings. The summed E-state index contributed by atoms with van der Waals surface area (Å²) < 4.78 is 37.6. The summed E-state index contributed by atoms with van der Waals surface area (Å²) in [4.78, 5) is 13.7. The van der Waals surface area contributed by atoms with E-state index in [0.29, 0.717) is 0 Å². The molecular weight excluding hydrogens is 413 g/mol. The monoisotopic (exact) mass is 434 g/mol. The molecule has 1 N–H and O–H groups in total. The third-order valence-corrected chi connectivity index (χ3v) is 5.56. The van der Waals surface area contributed by atoms with Crippen LogP contribution in [0.4, 0.5) is 19.0 Å². The Balaban J connectivity index is 0.000000289. The fourth-order valence-electron chi connectivity index (χ4n) is 4.15. The predicted octanol–water partition coefficient (Wildman–Crippen LogP) is 3.52. The highest BCUT2D eigenvalue weighted by Crippen LogP contribution is 2.33. The number of likely N-dealkylation sites (tertiary alicyclic amines) is 1. The molecule has 0 bridgehead atoms. The zero-order valence-corrected chi connectivity index (χ0v) is 16.7. The maximum Gasteiger partial charge on any atom is 0.490 e. The van der Waals surface area contributed by atoms with E-state index in [-0.39, 0.29) is 0 Å². The van der Waals surface area contributed by atoms with Gasteiger partial charge in [0.15, 0.2) is 11.6 Å². The molecule has 2 aliphatic heterocycles. The van der Waals surface area contributed by atoms with Gasteiger partial charge in [-0.25, -0.2) is 4.79 Å². The zero-order valence-electron chi connectivity index (χ0n) is 16.7. The van der Waals surface area contributed by atoms with Crippen molar-refractivity contribution in [3.63, 3.8) is 0 Å². The van der Waals surface area contributed by atoms with E-state index in [1.807, 2.05) is 36.4 Å². The Hall–Kier alpha value is -3.14. The number of nitrogens with zero attached hydrogens (tertiary/aromatic N) is 4. The Labute approximate surface area is 176 Å². The molecule has 2 aromatic heterocycles. The summed E-state index contributed by atoms with van der Waals surface area (Å²) in [7, 11) is 2.21. The summed E-state index contributed by atoms with van der Waals surface area (Å²) in [6.45, 7) is 4.58. The number of furan rings is 1. The Kier molecular flexibility index (Phi) is 5.57. The van der Waals surface area contributed by atoms with Crippen molar-refractivity contribution in [1.29, 1.82) is 0 Å². The number of hydrogen-bond acceptors (Lipinski definition) is 6. The summed E-state index contributed by atoms with van der Waals surface area (Å²) in [5.41, 5.74) is 1.67. The van der Waals surface area contributed by atoms with Crippen molar-refractivity contribution in [3.05, 3.63) is 42.5 Å². The Morgan fingerprint density at radius 1 is 1.06 bits per heavy atom. The van der Waals surface area contributed by atoms with Gasteiger partial charge in [-0.1, -0.05) is 18.2 Å². The molecule has 2 fully saturated rings. The second-order valence-corrected chi connectivity index (χ2v) is 7.87. The van der Waals surface area contributed by atoms with E-state index in [1.165, 1.54) is 13.1 Å². The predicted molar refractivity (Wildman–Crippen MR) is 108 cm³/mol. The zero-order chi connectivity index (χ0) is 22.2. The van der Waals surface area contributed by atoms with Crippen molar-refractivity contribution >= 4 is 22.8 Å². The molecule has 4 heterocycles. The van der Waals surface area contributed by atoms with Crippen LogP contribution in [0.2, 0.25) is 0 Å². The summed E-state index contributed by atoms with van der Waals surface area (Å²) in [6, 6.07) is 14.1. The third kappa shape index (κ3) is 4.63. The standard InChI is InChI=1S/C19H20N4O.C2HF3O2/c1-22-9-14-11-23(12-15(14)10-22)19-7-6-16(20-21-19)18-8-13-4-2-3-5-17(13)24-18;3-2(4,5)1(6)7/h2-8,14-15H,9-12H2,1H3;(H,6,7). The lowest BCUT2D eigenvalue weighted by atomic mass is 10.0. The first-order valence-electron chi connectivity index (χ1n) is 9.77. The van der Waals surface area contributed by atoms with Crippen LogP contribution in [0.3, 0.4) is 0 Å². The van der Waals surface area contributed by atoms with Crippen LogP contribution in [0, 0.1) is 11.8 Å². The van der Waals surface area contributed by atoms with Gasteiger partial charge in [0.05, 0.1) is 0 Å². The van der Waals surface area contributed by atoms with Crippen molar-refractivity contribution in [2.45, 2.75) is 6.18 Å². The number of carboxylic acid groups (broad SMARTS) is 1. The molecule has 0 aliphatic carbocycles. The summed E-state index contributed by atoms with van der Waals surface area (Å²) >= 11 is 0. The van der Waals surface area contributed by atoms with Crippen LogP contribution in [0.15, 0.2) is 46.9 Å². The summed E-state index contributed by atoms with van der Waals surface area (Å²) in [6.07, 6.45) is -5.08. The van der Waals surface area contributed by atoms with Gasteiger partial charge in [-0.2, -0.15) is 13.2 Å². The number of carboxylic acids is 1. The lowest BCUT2D eigenvalue weighted by Gasteiger charge is -2.19. The van der Waals surface area contributed by atoms with Crippen LogP contribution < -0.4 is 4.90 Å². The molecule has 0 radical (unpaired) electrons. The van der Waals surface area contributed by atoms with Gasteiger partial charge in [0.25, 0.3) is 0 Å². The minimum absolute atomic E-state index is 0.770. The Morgan fingerprint density at radius 3 is 2.26 bits per heavy atom. The number of para-hydroxylation sites is 1. The van der Waals surface area contributed by atoms with E-state index >= 15 is 0 Å². The van der Waals surface area contributed by atoms with Crippen molar-refractivity contribution < 1.29 is 27.5 Å².